The van der Waals surface area contributed by atoms with Gasteiger partial charge < -0.3 is 21.7 Å². The minimum Gasteiger partial charge on any atom is -0.368 e. The Kier molecular flexibility index (Phi) is 4.57. The highest BCUT2D eigenvalue weighted by molar-refractivity contribution is 5.84. The zero-order valence-electron chi connectivity index (χ0n) is 11.3. The molecular formula is C14H20N4O2. The standard InChI is InChI=1S/C14H20N4O2/c15-13(19)8-18(9-14(16)20)12-5-1-10(2-6-12)7-17-11-3-4-11/h1-2,5-6,11,17H,3-4,7-9H2,(H2,15,19)(H2,16,20). The van der Waals surface area contributed by atoms with E-state index in [0.29, 0.717) is 6.04 Å². The summed E-state index contributed by atoms with van der Waals surface area (Å²) >= 11 is 0. The minimum absolute atomic E-state index is 0.0252. The van der Waals surface area contributed by atoms with Crippen molar-refractivity contribution in [3.05, 3.63) is 29.8 Å². The molecule has 0 unspecified atom stereocenters. The Morgan fingerprint density at radius 2 is 1.65 bits per heavy atom. The van der Waals surface area contributed by atoms with Gasteiger partial charge in [-0.1, -0.05) is 12.1 Å². The van der Waals surface area contributed by atoms with E-state index < -0.39 is 11.8 Å². The molecule has 0 radical (unpaired) electrons. The average Bonchev–Trinajstić information content (AvgIpc) is 3.19. The van der Waals surface area contributed by atoms with Crippen LogP contribution in [-0.2, 0) is 16.1 Å². The van der Waals surface area contributed by atoms with Crippen LogP contribution in [0.4, 0.5) is 5.69 Å². The first kappa shape index (κ1) is 14.3. The maximum atomic E-state index is 11.0. The molecule has 1 fully saturated rings. The number of carbonyl (C=O) groups excluding carboxylic acids is 2. The molecule has 1 aliphatic rings. The molecule has 0 aliphatic heterocycles. The molecule has 6 nitrogen and oxygen atoms in total. The van der Waals surface area contributed by atoms with Gasteiger partial charge in [0.2, 0.25) is 11.8 Å². The van der Waals surface area contributed by atoms with E-state index in [4.69, 9.17) is 11.5 Å². The van der Waals surface area contributed by atoms with Crippen molar-refractivity contribution >= 4 is 17.5 Å². The van der Waals surface area contributed by atoms with E-state index in [1.165, 1.54) is 18.4 Å². The van der Waals surface area contributed by atoms with Crippen LogP contribution in [0.2, 0.25) is 0 Å². The van der Waals surface area contributed by atoms with Crippen LogP contribution in [0.3, 0.4) is 0 Å². The molecule has 0 atom stereocenters. The first-order valence-corrected chi connectivity index (χ1v) is 6.68. The van der Waals surface area contributed by atoms with Crippen molar-refractivity contribution in [3.8, 4) is 0 Å². The molecule has 5 N–H and O–H groups in total. The van der Waals surface area contributed by atoms with Gasteiger partial charge in [-0.05, 0) is 30.5 Å². The van der Waals surface area contributed by atoms with Gasteiger partial charge in [-0.2, -0.15) is 0 Å². The third-order valence-corrected chi connectivity index (χ3v) is 3.17. The number of nitrogens with one attached hydrogen (secondary N) is 1. The Hall–Kier alpha value is -2.08. The smallest absolute Gasteiger partial charge is 0.236 e. The lowest BCUT2D eigenvalue weighted by atomic mass is 10.2. The Morgan fingerprint density at radius 1 is 1.10 bits per heavy atom. The summed E-state index contributed by atoms with van der Waals surface area (Å²) in [6, 6.07) is 8.35. The molecule has 0 heterocycles. The second kappa shape index (κ2) is 6.38. The lowest BCUT2D eigenvalue weighted by Crippen LogP contribution is -2.39. The zero-order chi connectivity index (χ0) is 14.5. The summed E-state index contributed by atoms with van der Waals surface area (Å²) < 4.78 is 0. The monoisotopic (exact) mass is 276 g/mol. The van der Waals surface area contributed by atoms with Crippen LogP contribution >= 0.6 is 0 Å². The van der Waals surface area contributed by atoms with Gasteiger partial charge >= 0.3 is 0 Å². The van der Waals surface area contributed by atoms with Gasteiger partial charge in [-0.25, -0.2) is 0 Å². The van der Waals surface area contributed by atoms with Crippen molar-refractivity contribution in [1.29, 1.82) is 0 Å². The average molecular weight is 276 g/mol. The van der Waals surface area contributed by atoms with E-state index in [1.54, 1.807) is 4.90 Å². The highest BCUT2D eigenvalue weighted by Crippen LogP contribution is 2.20. The number of benzene rings is 1. The molecule has 0 aromatic heterocycles. The van der Waals surface area contributed by atoms with Crippen LogP contribution in [-0.4, -0.2) is 30.9 Å². The summed E-state index contributed by atoms with van der Waals surface area (Å²) in [7, 11) is 0. The largest absolute Gasteiger partial charge is 0.368 e. The topological polar surface area (TPSA) is 101 Å². The Bertz CT molecular complexity index is 466. The number of primary amides is 2. The highest BCUT2D eigenvalue weighted by atomic mass is 16.2. The van der Waals surface area contributed by atoms with E-state index in [9.17, 15) is 9.59 Å². The van der Waals surface area contributed by atoms with Crippen LogP contribution in [0, 0.1) is 0 Å². The summed E-state index contributed by atoms with van der Waals surface area (Å²) in [4.78, 5) is 23.6. The fourth-order valence-corrected chi connectivity index (χ4v) is 1.99. The molecule has 0 saturated heterocycles. The summed E-state index contributed by atoms with van der Waals surface area (Å²) in [5.74, 6) is -0.989. The molecule has 20 heavy (non-hydrogen) atoms. The zero-order valence-corrected chi connectivity index (χ0v) is 11.3. The van der Waals surface area contributed by atoms with Gasteiger partial charge in [0.15, 0.2) is 0 Å². The minimum atomic E-state index is -0.495. The van der Waals surface area contributed by atoms with E-state index in [2.05, 4.69) is 5.32 Å². The van der Waals surface area contributed by atoms with Crippen LogP contribution in [0.5, 0.6) is 0 Å². The van der Waals surface area contributed by atoms with Gasteiger partial charge in [-0.3, -0.25) is 9.59 Å². The molecule has 1 aromatic carbocycles. The highest BCUT2D eigenvalue weighted by Gasteiger charge is 2.20. The summed E-state index contributed by atoms with van der Waals surface area (Å²) in [6.07, 6.45) is 2.51. The third kappa shape index (κ3) is 4.55. The second-order valence-electron chi connectivity index (χ2n) is 5.11. The molecule has 6 heteroatoms. The van der Waals surface area contributed by atoms with Gasteiger partial charge in [0.1, 0.15) is 0 Å². The van der Waals surface area contributed by atoms with Crippen LogP contribution in [0.1, 0.15) is 18.4 Å². The fraction of sp³-hybridized carbons (Fsp3) is 0.429. The van der Waals surface area contributed by atoms with Gasteiger partial charge in [0.25, 0.3) is 0 Å². The Labute approximate surface area is 118 Å². The number of nitrogens with two attached hydrogens (primary N) is 2. The molecule has 1 aromatic rings. The number of carbonyl (C=O) groups is 2. The summed E-state index contributed by atoms with van der Waals surface area (Å²) in [5.41, 5.74) is 12.3. The van der Waals surface area contributed by atoms with E-state index in [0.717, 1.165) is 12.2 Å². The third-order valence-electron chi connectivity index (χ3n) is 3.17. The molecule has 2 amide bonds. The van der Waals surface area contributed by atoms with Gasteiger partial charge in [0.05, 0.1) is 13.1 Å². The van der Waals surface area contributed by atoms with Crippen molar-refractivity contribution in [2.24, 2.45) is 11.5 Å². The number of amides is 2. The predicted molar refractivity (Wildman–Crippen MR) is 76.9 cm³/mol. The van der Waals surface area contributed by atoms with Crippen molar-refractivity contribution in [2.45, 2.75) is 25.4 Å². The van der Waals surface area contributed by atoms with Crippen molar-refractivity contribution in [1.82, 2.24) is 5.32 Å². The number of rotatable bonds is 8. The number of nitrogens with zero attached hydrogens (tertiary/aromatic N) is 1. The molecule has 1 aliphatic carbocycles. The Morgan fingerprint density at radius 3 is 2.10 bits per heavy atom. The maximum absolute atomic E-state index is 11.0. The van der Waals surface area contributed by atoms with Gasteiger partial charge in [0, 0.05) is 18.3 Å². The number of anilines is 1. The molecule has 108 valence electrons. The van der Waals surface area contributed by atoms with Crippen molar-refractivity contribution in [3.63, 3.8) is 0 Å². The van der Waals surface area contributed by atoms with Crippen molar-refractivity contribution in [2.75, 3.05) is 18.0 Å². The number of hydrogen-bond donors (Lipinski definition) is 3. The first-order valence-electron chi connectivity index (χ1n) is 6.68. The van der Waals surface area contributed by atoms with E-state index >= 15 is 0 Å². The predicted octanol–water partition coefficient (Wildman–Crippen LogP) is -0.284. The Balaban J connectivity index is 1.99. The lowest BCUT2D eigenvalue weighted by Gasteiger charge is -2.21. The van der Waals surface area contributed by atoms with Gasteiger partial charge in [-0.15, -0.1) is 0 Å². The van der Waals surface area contributed by atoms with E-state index in [1.807, 2.05) is 24.3 Å². The molecule has 0 spiro atoms. The quantitative estimate of drug-likeness (QED) is 0.607. The molecular weight excluding hydrogens is 256 g/mol. The van der Waals surface area contributed by atoms with Crippen molar-refractivity contribution < 1.29 is 9.59 Å². The van der Waals surface area contributed by atoms with Crippen LogP contribution < -0.4 is 21.7 Å². The molecule has 2 rings (SSSR count). The lowest BCUT2D eigenvalue weighted by molar-refractivity contribution is -0.117. The van der Waals surface area contributed by atoms with Crippen LogP contribution in [0.25, 0.3) is 0 Å². The second-order valence-corrected chi connectivity index (χ2v) is 5.11. The maximum Gasteiger partial charge on any atom is 0.236 e. The normalized spacial score (nSPS) is 14.0. The van der Waals surface area contributed by atoms with E-state index in [-0.39, 0.29) is 13.1 Å². The molecule has 1 saturated carbocycles. The summed E-state index contributed by atoms with van der Waals surface area (Å²) in [5, 5.41) is 3.42. The first-order chi connectivity index (χ1) is 9.54. The summed E-state index contributed by atoms with van der Waals surface area (Å²) in [6.45, 7) is 0.780. The van der Waals surface area contributed by atoms with Crippen LogP contribution in [0.15, 0.2) is 24.3 Å². The fourth-order valence-electron chi connectivity index (χ4n) is 1.99. The SMILES string of the molecule is NC(=O)CN(CC(N)=O)c1ccc(CNC2CC2)cc1. The number of hydrogen-bond acceptors (Lipinski definition) is 4. The molecule has 0 bridgehead atoms.